The predicted molar refractivity (Wildman–Crippen MR) is 86.9 cm³/mol. The molecule has 1 heterocycles. The Balaban J connectivity index is 2.33. The average molecular weight is 358 g/mol. The van der Waals surface area contributed by atoms with E-state index >= 15 is 0 Å². The van der Waals surface area contributed by atoms with Gasteiger partial charge in [-0.1, -0.05) is 29.4 Å². The van der Waals surface area contributed by atoms with Crippen molar-refractivity contribution in [3.63, 3.8) is 0 Å². The fourth-order valence-electron chi connectivity index (χ4n) is 1.63. The number of benzene rings is 1. The summed E-state index contributed by atoms with van der Waals surface area (Å²) in [5.41, 5.74) is 2.48. The van der Waals surface area contributed by atoms with E-state index in [0.717, 1.165) is 16.8 Å². The Bertz CT molecular complexity index is 735. The van der Waals surface area contributed by atoms with Gasteiger partial charge in [-0.2, -0.15) is 5.01 Å². The van der Waals surface area contributed by atoms with Crippen LogP contribution in [0.3, 0.4) is 0 Å². The zero-order chi connectivity index (χ0) is 16.4. The van der Waals surface area contributed by atoms with Gasteiger partial charge in [0, 0.05) is 13.0 Å². The number of hydrogen-bond acceptors (Lipinski definition) is 6. The average Bonchev–Trinajstić information content (AvgIpc) is 2.68. The number of hydrazine groups is 1. The van der Waals surface area contributed by atoms with Gasteiger partial charge in [-0.05, 0) is 29.9 Å². The minimum atomic E-state index is -0.609. The molecular formula is C12H8ClN3O4S2. The number of nitrogens with zero attached hydrogens (tertiary/aromatic N) is 2. The van der Waals surface area contributed by atoms with Crippen LogP contribution in [0.25, 0.3) is 6.08 Å². The molecule has 0 aromatic heterocycles. The van der Waals surface area contributed by atoms with E-state index in [1.165, 1.54) is 25.1 Å². The predicted octanol–water partition coefficient (Wildman–Crippen LogP) is 2.50. The summed E-state index contributed by atoms with van der Waals surface area (Å²) in [6.07, 6.45) is 1.45. The van der Waals surface area contributed by atoms with Crippen molar-refractivity contribution < 1.29 is 14.5 Å². The molecule has 1 aromatic rings. The molecule has 0 spiro atoms. The van der Waals surface area contributed by atoms with Gasteiger partial charge in [-0.15, -0.1) is 0 Å². The summed E-state index contributed by atoms with van der Waals surface area (Å²) in [6.45, 7) is 1.25. The molecule has 1 saturated heterocycles. The fraction of sp³-hybridized carbons (Fsp3) is 0.0833. The van der Waals surface area contributed by atoms with E-state index in [1.54, 1.807) is 6.07 Å². The Kier molecular flexibility index (Phi) is 4.79. The van der Waals surface area contributed by atoms with Crippen molar-refractivity contribution in [1.29, 1.82) is 0 Å². The Labute approximate surface area is 139 Å². The van der Waals surface area contributed by atoms with Gasteiger partial charge in [0.05, 0.1) is 9.83 Å². The van der Waals surface area contributed by atoms with Gasteiger partial charge in [0.25, 0.3) is 11.6 Å². The second-order valence-electron chi connectivity index (χ2n) is 4.15. The van der Waals surface area contributed by atoms with Crippen molar-refractivity contribution >= 4 is 63.5 Å². The summed E-state index contributed by atoms with van der Waals surface area (Å²) in [6, 6.07) is 4.17. The first-order valence-electron chi connectivity index (χ1n) is 5.78. The molecule has 1 aliphatic heterocycles. The number of carbonyl (C=O) groups excluding carboxylic acids is 2. The lowest BCUT2D eigenvalue weighted by Gasteiger charge is -2.13. The maximum atomic E-state index is 12.1. The molecule has 22 heavy (non-hydrogen) atoms. The van der Waals surface area contributed by atoms with Crippen LogP contribution in [0.1, 0.15) is 12.5 Å². The van der Waals surface area contributed by atoms with Gasteiger partial charge in [0.2, 0.25) is 5.91 Å². The molecule has 1 fully saturated rings. The van der Waals surface area contributed by atoms with Crippen LogP contribution in [-0.4, -0.2) is 26.1 Å². The second-order valence-corrected chi connectivity index (χ2v) is 6.24. The summed E-state index contributed by atoms with van der Waals surface area (Å²) < 4.78 is 0.176. The maximum absolute atomic E-state index is 12.1. The van der Waals surface area contributed by atoms with Crippen LogP contribution >= 0.6 is 35.6 Å². The largest absolute Gasteiger partial charge is 0.288 e. The number of rotatable bonds is 3. The highest BCUT2D eigenvalue weighted by Crippen LogP contribution is 2.33. The Morgan fingerprint density at radius 3 is 2.82 bits per heavy atom. The summed E-state index contributed by atoms with van der Waals surface area (Å²) in [7, 11) is 0. The van der Waals surface area contributed by atoms with Crippen molar-refractivity contribution in [2.75, 3.05) is 0 Å². The monoisotopic (exact) mass is 357 g/mol. The zero-order valence-corrected chi connectivity index (χ0v) is 13.4. The lowest BCUT2D eigenvalue weighted by atomic mass is 10.2. The van der Waals surface area contributed by atoms with Crippen molar-refractivity contribution in [3.05, 3.63) is 43.8 Å². The molecule has 0 aliphatic carbocycles. The Morgan fingerprint density at radius 2 is 2.23 bits per heavy atom. The maximum Gasteiger partial charge on any atom is 0.288 e. The molecule has 10 heteroatoms. The molecule has 114 valence electrons. The van der Waals surface area contributed by atoms with Crippen LogP contribution in [0.15, 0.2) is 23.1 Å². The molecular weight excluding hydrogens is 350 g/mol. The summed E-state index contributed by atoms with van der Waals surface area (Å²) in [4.78, 5) is 33.6. The van der Waals surface area contributed by atoms with Gasteiger partial charge >= 0.3 is 0 Å². The van der Waals surface area contributed by atoms with Gasteiger partial charge in [-0.25, -0.2) is 0 Å². The highest BCUT2D eigenvalue weighted by atomic mass is 35.5. The highest BCUT2D eigenvalue weighted by molar-refractivity contribution is 8.26. The molecule has 1 N–H and O–H groups in total. The van der Waals surface area contributed by atoms with E-state index in [4.69, 9.17) is 23.8 Å². The number of hydrogen-bond donors (Lipinski definition) is 1. The Morgan fingerprint density at radius 1 is 1.55 bits per heavy atom. The number of nitrogens with one attached hydrogen (secondary N) is 1. The smallest absolute Gasteiger partial charge is 0.274 e. The number of carbonyl (C=O) groups is 2. The van der Waals surface area contributed by atoms with Crippen LogP contribution in [0.4, 0.5) is 5.69 Å². The van der Waals surface area contributed by atoms with E-state index < -0.39 is 16.7 Å². The topological polar surface area (TPSA) is 92.6 Å². The van der Waals surface area contributed by atoms with Crippen LogP contribution in [0, 0.1) is 10.1 Å². The third kappa shape index (κ3) is 3.43. The number of halogens is 1. The molecule has 0 saturated carbocycles. The van der Waals surface area contributed by atoms with Crippen LogP contribution in [0.5, 0.6) is 0 Å². The van der Waals surface area contributed by atoms with Crippen LogP contribution in [-0.2, 0) is 9.59 Å². The first-order valence-corrected chi connectivity index (χ1v) is 7.39. The van der Waals surface area contributed by atoms with Gasteiger partial charge in [-0.3, -0.25) is 25.1 Å². The Hall–Kier alpha value is -1.97. The number of thiocarbonyl (C=S) groups is 1. The van der Waals surface area contributed by atoms with Crippen molar-refractivity contribution in [2.45, 2.75) is 6.92 Å². The van der Waals surface area contributed by atoms with Crippen molar-refractivity contribution in [3.8, 4) is 0 Å². The third-order valence-corrected chi connectivity index (χ3v) is 4.15. The van der Waals surface area contributed by atoms with E-state index in [9.17, 15) is 19.7 Å². The number of nitro groups is 1. The summed E-state index contributed by atoms with van der Waals surface area (Å²) in [5, 5.41) is 11.8. The fourth-order valence-corrected chi connectivity index (χ4v) is 3.00. The first kappa shape index (κ1) is 16.4. The standard InChI is InChI=1S/C12H8ClN3O4S2/c1-6(17)14-15-11(18)10(22-12(15)21)5-7-2-3-8(13)9(4-7)16(19)20/h2-5H,1H3,(H,14,17)/b10-5-. The summed E-state index contributed by atoms with van der Waals surface area (Å²) >= 11 is 11.7. The molecule has 0 radical (unpaired) electrons. The molecule has 2 amide bonds. The molecule has 0 bridgehead atoms. The molecule has 0 unspecified atom stereocenters. The van der Waals surface area contributed by atoms with Crippen LogP contribution < -0.4 is 5.43 Å². The SMILES string of the molecule is CC(=O)NN1C(=O)/C(=C/c2ccc(Cl)c([N+](=O)[O-])c2)SC1=S. The van der Waals surface area contributed by atoms with E-state index in [2.05, 4.69) is 5.43 Å². The van der Waals surface area contributed by atoms with E-state index in [0.29, 0.717) is 5.56 Å². The van der Waals surface area contributed by atoms with E-state index in [-0.39, 0.29) is 19.9 Å². The minimum Gasteiger partial charge on any atom is -0.274 e. The van der Waals surface area contributed by atoms with Gasteiger partial charge in [0.15, 0.2) is 4.32 Å². The van der Waals surface area contributed by atoms with Crippen molar-refractivity contribution in [1.82, 2.24) is 10.4 Å². The molecule has 2 rings (SSSR count). The second kappa shape index (κ2) is 6.42. The minimum absolute atomic E-state index is 0.00736. The van der Waals surface area contributed by atoms with Gasteiger partial charge in [0.1, 0.15) is 5.02 Å². The normalized spacial score (nSPS) is 16.3. The van der Waals surface area contributed by atoms with Gasteiger partial charge < -0.3 is 0 Å². The third-order valence-electron chi connectivity index (χ3n) is 2.53. The zero-order valence-electron chi connectivity index (χ0n) is 11.0. The quantitative estimate of drug-likeness (QED) is 0.386. The first-order chi connectivity index (χ1) is 10.3. The lowest BCUT2D eigenvalue weighted by Crippen LogP contribution is -2.43. The highest BCUT2D eigenvalue weighted by Gasteiger charge is 2.33. The van der Waals surface area contributed by atoms with Crippen molar-refractivity contribution in [2.24, 2.45) is 0 Å². The van der Waals surface area contributed by atoms with E-state index in [1.807, 2.05) is 0 Å². The molecule has 1 aliphatic rings. The number of thioether (sulfide) groups is 1. The van der Waals surface area contributed by atoms with Crippen LogP contribution in [0.2, 0.25) is 5.02 Å². The lowest BCUT2D eigenvalue weighted by molar-refractivity contribution is -0.384. The number of amides is 2. The molecule has 7 nitrogen and oxygen atoms in total. The summed E-state index contributed by atoms with van der Waals surface area (Å²) in [5.74, 6) is -0.928. The molecule has 0 atom stereocenters. The molecule has 1 aromatic carbocycles. The number of nitro benzene ring substituents is 1.